The number of hydrogen-bond acceptors (Lipinski definition) is 7. The van der Waals surface area contributed by atoms with E-state index in [4.69, 9.17) is 18.6 Å². The van der Waals surface area contributed by atoms with E-state index in [1.807, 2.05) is 20.8 Å². The highest BCUT2D eigenvalue weighted by molar-refractivity contribution is 6.03. The summed E-state index contributed by atoms with van der Waals surface area (Å²) in [6.07, 6.45) is 1.82. The molecule has 1 aliphatic rings. The third-order valence-corrected chi connectivity index (χ3v) is 5.01. The lowest BCUT2D eigenvalue weighted by Gasteiger charge is -2.39. The van der Waals surface area contributed by atoms with Gasteiger partial charge in [0.25, 0.3) is 5.88 Å². The zero-order valence-electron chi connectivity index (χ0n) is 17.3. The van der Waals surface area contributed by atoms with Crippen LogP contribution in [-0.4, -0.2) is 60.0 Å². The predicted molar refractivity (Wildman–Crippen MR) is 103 cm³/mol. The van der Waals surface area contributed by atoms with Crippen molar-refractivity contribution in [2.45, 2.75) is 44.8 Å². The highest BCUT2D eigenvalue weighted by atomic mass is 16.6. The smallest absolute Gasteiger partial charge is 0.410 e. The number of methoxy groups -OCH3 is 2. The SMILES string of the molecule is COc1ncc(C(=O)O)c2cc(C3(OC)CCN(C(=O)OC(C)(C)C)CC3)oc12. The van der Waals surface area contributed by atoms with Crippen molar-refractivity contribution < 1.29 is 33.3 Å². The number of piperidine rings is 1. The number of carboxylic acids is 1. The lowest BCUT2D eigenvalue weighted by atomic mass is 9.88. The van der Waals surface area contributed by atoms with Gasteiger partial charge in [0.05, 0.1) is 12.7 Å². The second kappa shape index (κ2) is 7.55. The topological polar surface area (TPSA) is 111 Å². The number of likely N-dealkylation sites (tertiary alicyclic amines) is 1. The van der Waals surface area contributed by atoms with Crippen molar-refractivity contribution in [2.24, 2.45) is 0 Å². The number of aromatic carboxylic acids is 1. The minimum absolute atomic E-state index is 0.0215. The van der Waals surface area contributed by atoms with Gasteiger partial charge in [0.15, 0.2) is 5.58 Å². The van der Waals surface area contributed by atoms with Crippen LogP contribution in [-0.2, 0) is 15.1 Å². The highest BCUT2D eigenvalue weighted by Crippen LogP contribution is 2.41. The molecule has 0 aromatic carbocycles. The van der Waals surface area contributed by atoms with E-state index in [0.29, 0.717) is 37.1 Å². The molecule has 0 atom stereocenters. The Morgan fingerprint density at radius 1 is 1.24 bits per heavy atom. The van der Waals surface area contributed by atoms with Crippen LogP contribution >= 0.6 is 0 Å². The molecule has 1 aliphatic heterocycles. The molecule has 2 aromatic heterocycles. The molecule has 0 aliphatic carbocycles. The average Bonchev–Trinajstić information content (AvgIpc) is 3.11. The Morgan fingerprint density at radius 2 is 1.90 bits per heavy atom. The Morgan fingerprint density at radius 3 is 2.41 bits per heavy atom. The lowest BCUT2D eigenvalue weighted by Crippen LogP contribution is -2.47. The summed E-state index contributed by atoms with van der Waals surface area (Å²) in [6.45, 7) is 6.31. The number of furan rings is 1. The molecule has 1 amide bonds. The highest BCUT2D eigenvalue weighted by Gasteiger charge is 2.42. The lowest BCUT2D eigenvalue weighted by molar-refractivity contribution is -0.0769. The van der Waals surface area contributed by atoms with Gasteiger partial charge in [-0.25, -0.2) is 14.6 Å². The number of carbonyl (C=O) groups is 2. The number of fused-ring (bicyclic) bond motifs is 1. The van der Waals surface area contributed by atoms with Crippen molar-refractivity contribution in [3.05, 3.63) is 23.6 Å². The summed E-state index contributed by atoms with van der Waals surface area (Å²) in [5.41, 5.74) is -1.08. The van der Waals surface area contributed by atoms with Crippen molar-refractivity contribution in [1.29, 1.82) is 0 Å². The Labute approximate surface area is 168 Å². The Bertz CT molecular complexity index is 921. The van der Waals surface area contributed by atoms with Crippen LogP contribution in [0.3, 0.4) is 0 Å². The van der Waals surface area contributed by atoms with Crippen LogP contribution in [0.5, 0.6) is 5.88 Å². The van der Waals surface area contributed by atoms with Crippen molar-refractivity contribution in [2.75, 3.05) is 27.3 Å². The quantitative estimate of drug-likeness (QED) is 0.822. The monoisotopic (exact) mass is 406 g/mol. The van der Waals surface area contributed by atoms with E-state index in [2.05, 4.69) is 4.98 Å². The van der Waals surface area contributed by atoms with Crippen molar-refractivity contribution in [1.82, 2.24) is 9.88 Å². The number of hydrogen-bond donors (Lipinski definition) is 1. The van der Waals surface area contributed by atoms with Gasteiger partial charge < -0.3 is 28.6 Å². The summed E-state index contributed by atoms with van der Waals surface area (Å²) in [5.74, 6) is -0.426. The van der Waals surface area contributed by atoms with Gasteiger partial charge in [0.1, 0.15) is 17.0 Å². The Hall–Kier alpha value is -2.81. The maximum atomic E-state index is 12.3. The summed E-state index contributed by atoms with van der Waals surface area (Å²) < 4.78 is 22.5. The van der Waals surface area contributed by atoms with Gasteiger partial charge in [-0.2, -0.15) is 0 Å². The van der Waals surface area contributed by atoms with Crippen LogP contribution in [0, 0.1) is 0 Å². The molecule has 0 bridgehead atoms. The molecular formula is C20H26N2O7. The first-order chi connectivity index (χ1) is 13.6. The van der Waals surface area contributed by atoms with Gasteiger partial charge in [-0.15, -0.1) is 0 Å². The molecular weight excluding hydrogens is 380 g/mol. The number of nitrogens with zero attached hydrogens (tertiary/aromatic N) is 2. The zero-order valence-corrected chi connectivity index (χ0v) is 17.3. The van der Waals surface area contributed by atoms with Crippen LogP contribution < -0.4 is 4.74 Å². The standard InChI is InChI=1S/C20H26N2O7/c1-19(2,3)29-18(25)22-8-6-20(27-5,7-9-22)14-10-12-13(17(23)24)11-21-16(26-4)15(12)28-14/h10-11H,6-9H2,1-5H3,(H,23,24). The zero-order chi connectivity index (χ0) is 21.4. The summed E-state index contributed by atoms with van der Waals surface area (Å²) in [7, 11) is 3.01. The maximum Gasteiger partial charge on any atom is 0.410 e. The molecule has 0 unspecified atom stereocenters. The maximum absolute atomic E-state index is 12.3. The molecule has 0 spiro atoms. The molecule has 1 N–H and O–H groups in total. The summed E-state index contributed by atoms with van der Waals surface area (Å²) in [5, 5.41) is 9.86. The second-order valence-electron chi connectivity index (χ2n) is 8.01. The number of carboxylic acid groups (broad SMARTS) is 1. The fourth-order valence-corrected chi connectivity index (χ4v) is 3.47. The fourth-order valence-electron chi connectivity index (χ4n) is 3.47. The van der Waals surface area contributed by atoms with Crippen molar-refractivity contribution in [3.8, 4) is 5.88 Å². The molecule has 9 heteroatoms. The first-order valence-corrected chi connectivity index (χ1v) is 9.33. The van der Waals surface area contributed by atoms with Crippen LogP contribution in [0.25, 0.3) is 11.0 Å². The van der Waals surface area contributed by atoms with Crippen LogP contribution in [0.4, 0.5) is 4.79 Å². The molecule has 158 valence electrons. The van der Waals surface area contributed by atoms with E-state index >= 15 is 0 Å². The van der Waals surface area contributed by atoms with Gasteiger partial charge in [0, 0.05) is 44.6 Å². The van der Waals surface area contributed by atoms with Crippen molar-refractivity contribution in [3.63, 3.8) is 0 Å². The van der Waals surface area contributed by atoms with Gasteiger partial charge in [-0.05, 0) is 26.8 Å². The number of rotatable bonds is 4. The largest absolute Gasteiger partial charge is 0.478 e. The van der Waals surface area contributed by atoms with Crippen LogP contribution in [0.15, 0.2) is 16.7 Å². The summed E-state index contributed by atoms with van der Waals surface area (Å²) in [4.78, 5) is 29.6. The van der Waals surface area contributed by atoms with Gasteiger partial charge in [-0.3, -0.25) is 0 Å². The van der Waals surface area contributed by atoms with E-state index in [1.54, 1.807) is 18.1 Å². The molecule has 3 heterocycles. The minimum Gasteiger partial charge on any atom is -0.478 e. The third kappa shape index (κ3) is 4.00. The van der Waals surface area contributed by atoms with Gasteiger partial charge in [0.2, 0.25) is 0 Å². The molecule has 0 radical (unpaired) electrons. The number of amides is 1. The average molecular weight is 406 g/mol. The van der Waals surface area contributed by atoms with E-state index < -0.39 is 17.2 Å². The minimum atomic E-state index is -1.11. The molecule has 0 saturated carbocycles. The summed E-state index contributed by atoms with van der Waals surface area (Å²) >= 11 is 0. The fraction of sp³-hybridized carbons (Fsp3) is 0.550. The van der Waals surface area contributed by atoms with Crippen LogP contribution in [0.1, 0.15) is 49.7 Å². The van der Waals surface area contributed by atoms with E-state index in [1.165, 1.54) is 13.3 Å². The number of carbonyl (C=O) groups excluding carboxylic acids is 1. The van der Waals surface area contributed by atoms with Gasteiger partial charge in [-0.1, -0.05) is 0 Å². The van der Waals surface area contributed by atoms with E-state index in [0.717, 1.165) is 0 Å². The Balaban J connectivity index is 1.91. The summed E-state index contributed by atoms with van der Waals surface area (Å²) in [6, 6.07) is 1.66. The molecule has 2 aromatic rings. The molecule has 1 saturated heterocycles. The Kier molecular flexibility index (Phi) is 5.44. The van der Waals surface area contributed by atoms with Crippen LogP contribution in [0.2, 0.25) is 0 Å². The normalized spacial score (nSPS) is 16.7. The molecule has 3 rings (SSSR count). The first-order valence-electron chi connectivity index (χ1n) is 9.33. The van der Waals surface area contributed by atoms with Crippen molar-refractivity contribution >= 4 is 23.0 Å². The third-order valence-electron chi connectivity index (χ3n) is 5.01. The number of aromatic nitrogens is 1. The van der Waals surface area contributed by atoms with E-state index in [-0.39, 0.29) is 23.1 Å². The second-order valence-corrected chi connectivity index (χ2v) is 8.01. The first kappa shape index (κ1) is 20.9. The molecule has 9 nitrogen and oxygen atoms in total. The predicted octanol–water partition coefficient (Wildman–Crippen LogP) is 3.41. The van der Waals surface area contributed by atoms with Gasteiger partial charge >= 0.3 is 12.1 Å². The van der Waals surface area contributed by atoms with E-state index in [9.17, 15) is 14.7 Å². The number of ether oxygens (including phenoxy) is 3. The molecule has 29 heavy (non-hydrogen) atoms. The number of pyridine rings is 1. The molecule has 1 fully saturated rings.